The number of anilines is 2. The van der Waals surface area contributed by atoms with Crippen LogP contribution in [0.3, 0.4) is 0 Å². The van der Waals surface area contributed by atoms with Gasteiger partial charge in [-0.15, -0.1) is 0 Å². The van der Waals surface area contributed by atoms with Crippen molar-refractivity contribution in [1.29, 1.82) is 0 Å². The third-order valence-electron chi connectivity index (χ3n) is 3.52. The van der Waals surface area contributed by atoms with Crippen LogP contribution < -0.4 is 11.1 Å². The van der Waals surface area contributed by atoms with E-state index in [1.165, 1.54) is 44.9 Å². The highest BCUT2D eigenvalue weighted by atomic mass is 16.5. The lowest BCUT2D eigenvalue weighted by molar-refractivity contribution is 0.178. The van der Waals surface area contributed by atoms with E-state index in [1.54, 1.807) is 13.2 Å². The first-order chi connectivity index (χ1) is 9.28. The number of nitrogens with two attached hydrogens (primary N) is 1. The fourth-order valence-electron chi connectivity index (χ4n) is 2.59. The molecule has 1 aliphatic carbocycles. The number of aromatic nitrogens is 2. The molecule has 0 unspecified atom stereocenters. The maximum atomic E-state index is 5.80. The number of nitrogen functional groups attached to an aromatic ring is 1. The molecule has 0 atom stereocenters. The Hall–Kier alpha value is -1.36. The van der Waals surface area contributed by atoms with Crippen molar-refractivity contribution in [3.8, 4) is 0 Å². The van der Waals surface area contributed by atoms with Gasteiger partial charge in [0.25, 0.3) is 0 Å². The summed E-state index contributed by atoms with van der Waals surface area (Å²) < 4.78 is 5.06. The molecule has 19 heavy (non-hydrogen) atoms. The van der Waals surface area contributed by atoms with Gasteiger partial charge in [-0.25, -0.2) is 9.97 Å². The molecule has 2 rings (SSSR count). The lowest BCUT2D eigenvalue weighted by atomic mass is 9.97. The molecule has 0 aliphatic heterocycles. The van der Waals surface area contributed by atoms with Crippen LogP contribution in [0.1, 0.15) is 50.8 Å². The minimum absolute atomic E-state index is 0.393. The number of nitrogens with zero attached hydrogens (tertiary/aromatic N) is 2. The second-order valence-electron chi connectivity index (χ2n) is 5.21. The fourth-order valence-corrected chi connectivity index (χ4v) is 2.59. The normalized spacial score (nSPS) is 17.7. The Bertz CT molecular complexity index is 389. The zero-order chi connectivity index (χ0) is 13.5. The molecule has 1 heterocycles. The van der Waals surface area contributed by atoms with Gasteiger partial charge in [0.05, 0.1) is 0 Å². The Morgan fingerprint density at radius 1 is 1.21 bits per heavy atom. The van der Waals surface area contributed by atoms with Crippen molar-refractivity contribution < 1.29 is 4.74 Å². The van der Waals surface area contributed by atoms with Crippen LogP contribution in [0.15, 0.2) is 6.07 Å². The standard InChI is InChI=1S/C14H24N4O/c1-19-10-14-17-12(15)9-13(18-14)16-11-7-5-3-2-4-6-8-11/h9,11H,2-8,10H2,1H3,(H3,15,16,17,18). The Labute approximate surface area is 115 Å². The molecule has 1 aromatic heterocycles. The topological polar surface area (TPSA) is 73.1 Å². The third kappa shape index (κ3) is 4.67. The Morgan fingerprint density at radius 2 is 1.89 bits per heavy atom. The molecule has 0 saturated heterocycles. The summed E-state index contributed by atoms with van der Waals surface area (Å²) in [4.78, 5) is 8.60. The maximum Gasteiger partial charge on any atom is 0.158 e. The quantitative estimate of drug-likeness (QED) is 0.874. The molecule has 106 valence electrons. The molecule has 1 aliphatic rings. The van der Waals surface area contributed by atoms with E-state index >= 15 is 0 Å². The average molecular weight is 264 g/mol. The van der Waals surface area contributed by atoms with E-state index in [-0.39, 0.29) is 0 Å². The van der Waals surface area contributed by atoms with Crippen molar-refractivity contribution in [1.82, 2.24) is 9.97 Å². The van der Waals surface area contributed by atoms with Crippen LogP contribution in [-0.2, 0) is 11.3 Å². The second-order valence-corrected chi connectivity index (χ2v) is 5.21. The summed E-state index contributed by atoms with van der Waals surface area (Å²) in [5.74, 6) is 1.95. The van der Waals surface area contributed by atoms with Gasteiger partial charge in [-0.05, 0) is 12.8 Å². The van der Waals surface area contributed by atoms with Gasteiger partial charge in [0.15, 0.2) is 5.82 Å². The number of hydrogen-bond acceptors (Lipinski definition) is 5. The number of methoxy groups -OCH3 is 1. The zero-order valence-electron chi connectivity index (χ0n) is 11.7. The first kappa shape index (κ1) is 14.1. The number of nitrogens with one attached hydrogen (secondary N) is 1. The van der Waals surface area contributed by atoms with E-state index in [9.17, 15) is 0 Å². The van der Waals surface area contributed by atoms with E-state index in [0.717, 1.165) is 5.82 Å². The van der Waals surface area contributed by atoms with Gasteiger partial charge in [-0.2, -0.15) is 0 Å². The third-order valence-corrected chi connectivity index (χ3v) is 3.52. The number of rotatable bonds is 4. The zero-order valence-corrected chi connectivity index (χ0v) is 11.7. The first-order valence-corrected chi connectivity index (χ1v) is 7.17. The molecule has 0 bridgehead atoms. The van der Waals surface area contributed by atoms with Crippen LogP contribution in [-0.4, -0.2) is 23.1 Å². The highest BCUT2D eigenvalue weighted by molar-refractivity contribution is 5.45. The summed E-state index contributed by atoms with van der Waals surface area (Å²) in [5.41, 5.74) is 5.80. The van der Waals surface area contributed by atoms with Crippen molar-refractivity contribution in [3.63, 3.8) is 0 Å². The van der Waals surface area contributed by atoms with Crippen molar-refractivity contribution in [2.24, 2.45) is 0 Å². The Morgan fingerprint density at radius 3 is 2.58 bits per heavy atom. The highest BCUT2D eigenvalue weighted by Gasteiger charge is 2.12. The van der Waals surface area contributed by atoms with Gasteiger partial charge >= 0.3 is 0 Å². The predicted octanol–water partition coefficient (Wildman–Crippen LogP) is 2.73. The number of ether oxygens (including phenoxy) is 1. The smallest absolute Gasteiger partial charge is 0.158 e. The Kier molecular flexibility index (Phi) is 5.39. The van der Waals surface area contributed by atoms with Gasteiger partial charge < -0.3 is 15.8 Å². The molecular formula is C14H24N4O. The summed E-state index contributed by atoms with van der Waals surface area (Å²) in [6.45, 7) is 0.393. The van der Waals surface area contributed by atoms with Crippen LogP contribution in [0.5, 0.6) is 0 Å². The largest absolute Gasteiger partial charge is 0.384 e. The van der Waals surface area contributed by atoms with Gasteiger partial charge in [0.1, 0.15) is 18.2 Å². The Balaban J connectivity index is 1.99. The van der Waals surface area contributed by atoms with Crippen LogP contribution in [0.25, 0.3) is 0 Å². The van der Waals surface area contributed by atoms with Crippen molar-refractivity contribution in [2.45, 2.75) is 57.6 Å². The number of hydrogen-bond donors (Lipinski definition) is 2. The van der Waals surface area contributed by atoms with E-state index in [4.69, 9.17) is 10.5 Å². The van der Waals surface area contributed by atoms with Gasteiger partial charge in [-0.1, -0.05) is 32.1 Å². The minimum atomic E-state index is 0.393. The summed E-state index contributed by atoms with van der Waals surface area (Å²) in [6, 6.07) is 2.31. The summed E-state index contributed by atoms with van der Waals surface area (Å²) >= 11 is 0. The summed E-state index contributed by atoms with van der Waals surface area (Å²) in [7, 11) is 1.63. The van der Waals surface area contributed by atoms with E-state index < -0.39 is 0 Å². The molecule has 0 spiro atoms. The lowest BCUT2D eigenvalue weighted by Gasteiger charge is -2.21. The SMILES string of the molecule is COCc1nc(N)cc(NC2CCCCCCC2)n1. The van der Waals surface area contributed by atoms with Crippen molar-refractivity contribution >= 4 is 11.6 Å². The molecule has 0 aromatic carbocycles. The lowest BCUT2D eigenvalue weighted by Crippen LogP contribution is -2.22. The average Bonchev–Trinajstić information content (AvgIpc) is 2.32. The molecule has 5 heteroatoms. The summed E-state index contributed by atoms with van der Waals surface area (Å²) in [5, 5.41) is 3.50. The van der Waals surface area contributed by atoms with E-state index in [1.807, 2.05) is 0 Å². The monoisotopic (exact) mass is 264 g/mol. The summed E-state index contributed by atoms with van der Waals surface area (Å²) in [6.07, 6.45) is 9.09. The van der Waals surface area contributed by atoms with Crippen LogP contribution >= 0.6 is 0 Å². The highest BCUT2D eigenvalue weighted by Crippen LogP contribution is 2.20. The maximum absolute atomic E-state index is 5.80. The molecule has 5 nitrogen and oxygen atoms in total. The molecule has 1 saturated carbocycles. The van der Waals surface area contributed by atoms with Gasteiger partial charge in [-0.3, -0.25) is 0 Å². The van der Waals surface area contributed by atoms with Crippen LogP contribution in [0.4, 0.5) is 11.6 Å². The minimum Gasteiger partial charge on any atom is -0.384 e. The second kappa shape index (κ2) is 7.28. The molecule has 0 radical (unpaired) electrons. The van der Waals surface area contributed by atoms with Crippen LogP contribution in [0.2, 0.25) is 0 Å². The van der Waals surface area contributed by atoms with Crippen molar-refractivity contribution in [2.75, 3.05) is 18.2 Å². The van der Waals surface area contributed by atoms with E-state index in [2.05, 4.69) is 15.3 Å². The van der Waals surface area contributed by atoms with Crippen molar-refractivity contribution in [3.05, 3.63) is 11.9 Å². The molecule has 1 fully saturated rings. The van der Waals surface area contributed by atoms with Crippen LogP contribution in [0, 0.1) is 0 Å². The first-order valence-electron chi connectivity index (χ1n) is 7.17. The van der Waals surface area contributed by atoms with Gasteiger partial charge in [0, 0.05) is 19.2 Å². The molecule has 0 amide bonds. The van der Waals surface area contributed by atoms with Gasteiger partial charge in [0.2, 0.25) is 0 Å². The fraction of sp³-hybridized carbons (Fsp3) is 0.714. The molecule has 1 aromatic rings. The molecular weight excluding hydrogens is 240 g/mol. The van der Waals surface area contributed by atoms with E-state index in [0.29, 0.717) is 24.3 Å². The predicted molar refractivity (Wildman–Crippen MR) is 76.9 cm³/mol. The molecule has 3 N–H and O–H groups in total.